The summed E-state index contributed by atoms with van der Waals surface area (Å²) in [6.07, 6.45) is -4.27. The van der Waals surface area contributed by atoms with Gasteiger partial charge in [-0.1, -0.05) is 0 Å². The molecule has 1 fully saturated rings. The monoisotopic (exact) mass is 358 g/mol. The number of nitrogens with one attached hydrogen (secondary N) is 1. The maximum atomic E-state index is 13.0. The maximum absolute atomic E-state index is 13.0. The van der Waals surface area contributed by atoms with Gasteiger partial charge in [0, 0.05) is 50.9 Å². The Hall–Kier alpha value is -1.80. The van der Waals surface area contributed by atoms with Crippen molar-refractivity contribution in [2.24, 2.45) is 5.73 Å². The molecular formula is C17H25F3N4O. The van der Waals surface area contributed by atoms with E-state index >= 15 is 0 Å². The molecule has 3 N–H and O–H groups in total. The highest BCUT2D eigenvalue weighted by Gasteiger charge is 2.31. The van der Waals surface area contributed by atoms with Crippen LogP contribution in [0.4, 0.5) is 18.9 Å². The first kappa shape index (κ1) is 19.5. The van der Waals surface area contributed by atoms with Gasteiger partial charge in [0.25, 0.3) is 0 Å². The number of hydrogen-bond acceptors (Lipinski definition) is 4. The van der Waals surface area contributed by atoms with Crippen molar-refractivity contribution in [3.05, 3.63) is 29.3 Å². The molecule has 25 heavy (non-hydrogen) atoms. The van der Waals surface area contributed by atoms with Gasteiger partial charge in [-0.15, -0.1) is 0 Å². The molecule has 1 atom stereocenters. The molecule has 1 heterocycles. The van der Waals surface area contributed by atoms with Gasteiger partial charge in [-0.2, -0.15) is 13.2 Å². The van der Waals surface area contributed by atoms with Crippen molar-refractivity contribution in [2.75, 3.05) is 38.1 Å². The minimum Gasteiger partial charge on any atom is -0.369 e. The van der Waals surface area contributed by atoms with Crippen LogP contribution in [0.2, 0.25) is 0 Å². The van der Waals surface area contributed by atoms with Crippen molar-refractivity contribution in [1.29, 1.82) is 0 Å². The smallest absolute Gasteiger partial charge is 0.369 e. The largest absolute Gasteiger partial charge is 0.416 e. The van der Waals surface area contributed by atoms with E-state index in [-0.39, 0.29) is 24.9 Å². The highest BCUT2D eigenvalue weighted by Crippen LogP contribution is 2.33. The molecule has 2 rings (SSSR count). The van der Waals surface area contributed by atoms with Crippen LogP contribution in [0, 0.1) is 0 Å². The van der Waals surface area contributed by atoms with Crippen molar-refractivity contribution in [2.45, 2.75) is 32.1 Å². The molecule has 5 nitrogen and oxygen atoms in total. The second-order valence-electron chi connectivity index (χ2n) is 6.59. The molecule has 8 heteroatoms. The number of likely N-dealkylation sites (N-methyl/N-ethyl adjacent to an activating group) is 1. The van der Waals surface area contributed by atoms with Crippen LogP contribution < -0.4 is 16.0 Å². The average Bonchev–Trinajstić information content (AvgIpc) is 2.52. The van der Waals surface area contributed by atoms with Crippen LogP contribution in [0.3, 0.4) is 0 Å². The molecule has 0 saturated carbocycles. The first-order valence-corrected chi connectivity index (χ1v) is 8.32. The van der Waals surface area contributed by atoms with Crippen molar-refractivity contribution < 1.29 is 18.0 Å². The molecule has 1 amide bonds. The normalized spacial score (nSPS) is 17.4. The summed E-state index contributed by atoms with van der Waals surface area (Å²) in [7, 11) is 2.01. The van der Waals surface area contributed by atoms with Gasteiger partial charge < -0.3 is 20.9 Å². The molecule has 1 aliphatic rings. The lowest BCUT2D eigenvalue weighted by Gasteiger charge is -2.35. The lowest BCUT2D eigenvalue weighted by molar-refractivity contribution is -0.137. The molecule has 1 aromatic carbocycles. The summed E-state index contributed by atoms with van der Waals surface area (Å²) in [6.45, 7) is 4.93. The zero-order valence-corrected chi connectivity index (χ0v) is 14.6. The van der Waals surface area contributed by atoms with Gasteiger partial charge in [-0.05, 0) is 37.7 Å². The Morgan fingerprint density at radius 2 is 1.92 bits per heavy atom. The van der Waals surface area contributed by atoms with Gasteiger partial charge in [0.05, 0.1) is 5.56 Å². The molecule has 0 aliphatic carbocycles. The van der Waals surface area contributed by atoms with E-state index in [1.807, 2.05) is 7.05 Å². The summed E-state index contributed by atoms with van der Waals surface area (Å²) in [6, 6.07) is 3.43. The van der Waals surface area contributed by atoms with E-state index in [9.17, 15) is 18.0 Å². The third-order valence-electron chi connectivity index (χ3n) is 4.23. The molecule has 1 aromatic rings. The summed E-state index contributed by atoms with van der Waals surface area (Å²) < 4.78 is 39.1. The van der Waals surface area contributed by atoms with Gasteiger partial charge in [-0.3, -0.25) is 4.79 Å². The van der Waals surface area contributed by atoms with Crippen LogP contribution >= 0.6 is 0 Å². The van der Waals surface area contributed by atoms with Crippen molar-refractivity contribution in [1.82, 2.24) is 10.2 Å². The van der Waals surface area contributed by atoms with Gasteiger partial charge in [0.15, 0.2) is 0 Å². The number of hydrogen-bond donors (Lipinski definition) is 2. The summed E-state index contributed by atoms with van der Waals surface area (Å²) in [5.41, 5.74) is 6.08. The van der Waals surface area contributed by atoms with E-state index in [4.69, 9.17) is 5.73 Å². The number of amides is 1. The molecule has 1 aliphatic heterocycles. The van der Waals surface area contributed by atoms with Gasteiger partial charge in [0.1, 0.15) is 0 Å². The lowest BCUT2D eigenvalue weighted by Crippen LogP contribution is -2.45. The van der Waals surface area contributed by atoms with Crippen LogP contribution in [-0.4, -0.2) is 50.1 Å². The summed E-state index contributed by atoms with van der Waals surface area (Å²) in [5, 5.41) is 2.67. The Morgan fingerprint density at radius 1 is 1.28 bits per heavy atom. The van der Waals surface area contributed by atoms with E-state index in [1.165, 1.54) is 6.07 Å². The number of piperazine rings is 1. The number of halogens is 3. The molecule has 1 unspecified atom stereocenters. The molecule has 140 valence electrons. The standard InChI is InChI=1S/C17H25F3N4O/c1-12(21)9-16(25)22-11-13-10-14(17(18,19)20)3-4-15(13)24-7-5-23(2)6-8-24/h3-4,10,12H,5-9,11,21H2,1-2H3,(H,22,25). The fraction of sp³-hybridized carbons (Fsp3) is 0.588. The van der Waals surface area contributed by atoms with E-state index < -0.39 is 11.7 Å². The predicted octanol–water partition coefficient (Wildman–Crippen LogP) is 1.81. The van der Waals surface area contributed by atoms with Gasteiger partial charge in [-0.25, -0.2) is 0 Å². The SMILES string of the molecule is CC(N)CC(=O)NCc1cc(C(F)(F)F)ccc1N1CCN(C)CC1. The van der Waals surface area contributed by atoms with E-state index in [1.54, 1.807) is 6.92 Å². The lowest BCUT2D eigenvalue weighted by atomic mass is 10.1. The predicted molar refractivity (Wildman–Crippen MR) is 91.3 cm³/mol. The number of alkyl halides is 3. The van der Waals surface area contributed by atoms with E-state index in [2.05, 4.69) is 15.1 Å². The topological polar surface area (TPSA) is 61.6 Å². The Kier molecular flexibility index (Phi) is 6.29. The molecule has 0 spiro atoms. The highest BCUT2D eigenvalue weighted by molar-refractivity contribution is 5.76. The number of benzene rings is 1. The summed E-state index contributed by atoms with van der Waals surface area (Å²) in [5.74, 6) is -0.267. The number of nitrogens with two attached hydrogens (primary N) is 1. The quantitative estimate of drug-likeness (QED) is 0.843. The Bertz CT molecular complexity index is 596. The summed E-state index contributed by atoms with van der Waals surface area (Å²) in [4.78, 5) is 16.0. The molecule has 0 bridgehead atoms. The zero-order valence-electron chi connectivity index (χ0n) is 14.6. The fourth-order valence-electron chi connectivity index (χ4n) is 2.82. The highest BCUT2D eigenvalue weighted by atomic mass is 19.4. The van der Waals surface area contributed by atoms with Gasteiger partial charge in [0.2, 0.25) is 5.91 Å². The zero-order chi connectivity index (χ0) is 18.6. The van der Waals surface area contributed by atoms with Crippen molar-refractivity contribution in [3.8, 4) is 0 Å². The Balaban J connectivity index is 2.21. The van der Waals surface area contributed by atoms with Crippen LogP contribution in [0.25, 0.3) is 0 Å². The first-order valence-electron chi connectivity index (χ1n) is 8.32. The first-order chi connectivity index (χ1) is 11.7. The van der Waals surface area contributed by atoms with Crippen molar-refractivity contribution >= 4 is 11.6 Å². The van der Waals surface area contributed by atoms with Gasteiger partial charge >= 0.3 is 6.18 Å². The number of rotatable bonds is 5. The fourth-order valence-corrected chi connectivity index (χ4v) is 2.82. The number of anilines is 1. The van der Waals surface area contributed by atoms with Crippen LogP contribution in [-0.2, 0) is 17.5 Å². The second kappa shape index (κ2) is 8.05. The van der Waals surface area contributed by atoms with Crippen molar-refractivity contribution in [3.63, 3.8) is 0 Å². The van der Waals surface area contributed by atoms with E-state index in [0.717, 1.165) is 44.0 Å². The minimum atomic E-state index is -4.41. The number of carbonyl (C=O) groups excluding carboxylic acids is 1. The molecule has 0 radical (unpaired) electrons. The van der Waals surface area contributed by atoms with Crippen LogP contribution in [0.15, 0.2) is 18.2 Å². The third-order valence-corrected chi connectivity index (χ3v) is 4.23. The maximum Gasteiger partial charge on any atom is 0.416 e. The Morgan fingerprint density at radius 3 is 2.48 bits per heavy atom. The second-order valence-corrected chi connectivity index (χ2v) is 6.59. The molecule has 1 saturated heterocycles. The minimum absolute atomic E-state index is 0.0527. The summed E-state index contributed by atoms with van der Waals surface area (Å²) >= 11 is 0. The Labute approximate surface area is 146 Å². The number of nitrogens with zero attached hydrogens (tertiary/aromatic N) is 2. The third kappa shape index (κ3) is 5.61. The van der Waals surface area contributed by atoms with Crippen LogP contribution in [0.5, 0.6) is 0 Å². The number of carbonyl (C=O) groups is 1. The molecular weight excluding hydrogens is 333 g/mol. The molecule has 0 aromatic heterocycles. The van der Waals surface area contributed by atoms with E-state index in [0.29, 0.717) is 5.56 Å². The van der Waals surface area contributed by atoms with Crippen LogP contribution in [0.1, 0.15) is 24.5 Å². The average molecular weight is 358 g/mol.